The number of aryl methyl sites for hydroxylation is 3. The van der Waals surface area contributed by atoms with Gasteiger partial charge in [-0.25, -0.2) is 0 Å². The van der Waals surface area contributed by atoms with Crippen LogP contribution in [0.3, 0.4) is 0 Å². The van der Waals surface area contributed by atoms with Gasteiger partial charge in [-0.1, -0.05) is 17.7 Å². The molecule has 0 aliphatic rings. The van der Waals surface area contributed by atoms with E-state index in [2.05, 4.69) is 29.1 Å². The first-order chi connectivity index (χ1) is 8.43. The topological polar surface area (TPSA) is 58.6 Å². The lowest BCUT2D eigenvalue weighted by Gasteiger charge is -2.16. The molecule has 0 bridgehead atoms. The van der Waals surface area contributed by atoms with Gasteiger partial charge in [0.2, 0.25) is 0 Å². The van der Waals surface area contributed by atoms with Crippen molar-refractivity contribution in [3.8, 4) is 0 Å². The van der Waals surface area contributed by atoms with E-state index in [9.17, 15) is 9.90 Å². The highest BCUT2D eigenvalue weighted by Gasteiger charge is 2.12. The van der Waals surface area contributed by atoms with Crippen molar-refractivity contribution in [3.63, 3.8) is 0 Å². The standard InChI is InChI=1S/C14H21NO3/c1-9-5-10(2)14(11(3)6-9)15-8-12(16)7-13(17)18-4/h5-6,12,15-16H,7-8H2,1-4H3. The number of carbonyl (C=O) groups excluding carboxylic acids is 1. The minimum atomic E-state index is -0.738. The van der Waals surface area contributed by atoms with E-state index in [-0.39, 0.29) is 6.42 Å². The number of ether oxygens (including phenoxy) is 1. The first-order valence-corrected chi connectivity index (χ1v) is 6.00. The summed E-state index contributed by atoms with van der Waals surface area (Å²) in [6.45, 7) is 6.43. The molecule has 4 nitrogen and oxygen atoms in total. The Morgan fingerprint density at radius 2 is 1.89 bits per heavy atom. The quantitative estimate of drug-likeness (QED) is 0.785. The normalized spacial score (nSPS) is 12.1. The lowest BCUT2D eigenvalue weighted by Crippen LogP contribution is -2.24. The van der Waals surface area contributed by atoms with Crippen molar-refractivity contribution < 1.29 is 14.6 Å². The summed E-state index contributed by atoms with van der Waals surface area (Å²) in [5, 5.41) is 12.9. The fraction of sp³-hybridized carbons (Fsp3) is 0.500. The Morgan fingerprint density at radius 1 is 1.33 bits per heavy atom. The molecule has 0 aliphatic carbocycles. The fourth-order valence-electron chi connectivity index (χ4n) is 2.03. The van der Waals surface area contributed by atoms with Gasteiger partial charge in [-0.05, 0) is 31.9 Å². The number of anilines is 1. The number of hydrogen-bond acceptors (Lipinski definition) is 4. The highest BCUT2D eigenvalue weighted by atomic mass is 16.5. The Kier molecular flexibility index (Phi) is 5.16. The number of benzene rings is 1. The van der Waals surface area contributed by atoms with Gasteiger partial charge in [0.1, 0.15) is 0 Å². The van der Waals surface area contributed by atoms with Crippen molar-refractivity contribution >= 4 is 11.7 Å². The van der Waals surface area contributed by atoms with Gasteiger partial charge in [0.15, 0.2) is 0 Å². The number of aliphatic hydroxyl groups excluding tert-OH is 1. The van der Waals surface area contributed by atoms with E-state index >= 15 is 0 Å². The Morgan fingerprint density at radius 3 is 2.39 bits per heavy atom. The number of nitrogens with one attached hydrogen (secondary N) is 1. The molecule has 100 valence electrons. The number of aliphatic hydroxyl groups is 1. The Balaban J connectivity index is 2.61. The Bertz CT molecular complexity index is 406. The summed E-state index contributed by atoms with van der Waals surface area (Å²) in [7, 11) is 1.32. The molecule has 0 spiro atoms. The minimum Gasteiger partial charge on any atom is -0.469 e. The van der Waals surface area contributed by atoms with Crippen molar-refractivity contribution in [3.05, 3.63) is 28.8 Å². The average Bonchev–Trinajstić information content (AvgIpc) is 2.27. The monoisotopic (exact) mass is 251 g/mol. The molecule has 2 N–H and O–H groups in total. The van der Waals surface area contributed by atoms with E-state index in [1.165, 1.54) is 12.7 Å². The molecule has 0 saturated heterocycles. The van der Waals surface area contributed by atoms with Crippen LogP contribution in [0.5, 0.6) is 0 Å². The van der Waals surface area contributed by atoms with E-state index in [1.54, 1.807) is 0 Å². The van der Waals surface area contributed by atoms with Crippen LogP contribution in [0.1, 0.15) is 23.1 Å². The van der Waals surface area contributed by atoms with Gasteiger partial charge in [-0.15, -0.1) is 0 Å². The molecule has 4 heteroatoms. The second-order valence-electron chi connectivity index (χ2n) is 4.59. The maximum Gasteiger partial charge on any atom is 0.308 e. The largest absolute Gasteiger partial charge is 0.469 e. The summed E-state index contributed by atoms with van der Waals surface area (Å²) in [5.41, 5.74) is 4.51. The molecule has 1 atom stereocenters. The SMILES string of the molecule is COC(=O)CC(O)CNc1c(C)cc(C)cc1C. The molecule has 0 heterocycles. The van der Waals surface area contributed by atoms with Crippen LogP contribution in [0.4, 0.5) is 5.69 Å². The Labute approximate surface area is 108 Å². The van der Waals surface area contributed by atoms with Gasteiger partial charge in [0.25, 0.3) is 0 Å². The zero-order valence-corrected chi connectivity index (χ0v) is 11.4. The number of methoxy groups -OCH3 is 1. The molecule has 0 saturated carbocycles. The van der Waals surface area contributed by atoms with Crippen molar-refractivity contribution in [2.75, 3.05) is 19.0 Å². The van der Waals surface area contributed by atoms with Crippen molar-refractivity contribution in [1.29, 1.82) is 0 Å². The third-order valence-electron chi connectivity index (χ3n) is 2.82. The Hall–Kier alpha value is -1.55. The summed E-state index contributed by atoms with van der Waals surface area (Å²) < 4.78 is 4.51. The van der Waals surface area contributed by atoms with Gasteiger partial charge in [0.05, 0.1) is 19.6 Å². The van der Waals surface area contributed by atoms with Crippen LogP contribution in [0.2, 0.25) is 0 Å². The predicted molar refractivity (Wildman–Crippen MR) is 71.8 cm³/mol. The lowest BCUT2D eigenvalue weighted by molar-refractivity contribution is -0.142. The molecule has 1 aromatic rings. The summed E-state index contributed by atoms with van der Waals surface area (Å²) in [5.74, 6) is -0.401. The van der Waals surface area contributed by atoms with Gasteiger partial charge in [-0.3, -0.25) is 4.79 Å². The van der Waals surface area contributed by atoms with E-state index in [0.717, 1.165) is 16.8 Å². The average molecular weight is 251 g/mol. The second kappa shape index (κ2) is 6.40. The molecule has 1 unspecified atom stereocenters. The van der Waals surface area contributed by atoms with Gasteiger partial charge in [-0.2, -0.15) is 0 Å². The van der Waals surface area contributed by atoms with Crippen molar-refractivity contribution in [2.24, 2.45) is 0 Å². The van der Waals surface area contributed by atoms with Crippen molar-refractivity contribution in [2.45, 2.75) is 33.3 Å². The van der Waals surface area contributed by atoms with E-state index < -0.39 is 12.1 Å². The maximum atomic E-state index is 11.0. The van der Waals surface area contributed by atoms with Crippen LogP contribution in [0, 0.1) is 20.8 Å². The van der Waals surface area contributed by atoms with Gasteiger partial charge >= 0.3 is 5.97 Å². The van der Waals surface area contributed by atoms with Gasteiger partial charge in [0, 0.05) is 12.2 Å². The van der Waals surface area contributed by atoms with Gasteiger partial charge < -0.3 is 15.2 Å². The molecular weight excluding hydrogens is 230 g/mol. The number of rotatable bonds is 5. The van der Waals surface area contributed by atoms with E-state index in [1.807, 2.05) is 13.8 Å². The highest BCUT2D eigenvalue weighted by Crippen LogP contribution is 2.21. The smallest absolute Gasteiger partial charge is 0.308 e. The van der Waals surface area contributed by atoms with Crippen LogP contribution >= 0.6 is 0 Å². The predicted octanol–water partition coefficient (Wildman–Crippen LogP) is 1.95. The second-order valence-corrected chi connectivity index (χ2v) is 4.59. The zero-order chi connectivity index (χ0) is 13.7. The first kappa shape index (κ1) is 14.5. The van der Waals surface area contributed by atoms with Crippen molar-refractivity contribution in [1.82, 2.24) is 0 Å². The minimum absolute atomic E-state index is 0.00740. The molecule has 0 radical (unpaired) electrons. The summed E-state index contributed by atoms with van der Waals surface area (Å²) in [6.07, 6.45) is -0.731. The maximum absolute atomic E-state index is 11.0. The molecule has 0 aromatic heterocycles. The molecule has 1 rings (SSSR count). The lowest BCUT2D eigenvalue weighted by atomic mass is 10.0. The molecule has 18 heavy (non-hydrogen) atoms. The van der Waals surface area contributed by atoms with Crippen LogP contribution in [0.25, 0.3) is 0 Å². The summed E-state index contributed by atoms with van der Waals surface area (Å²) in [6, 6.07) is 4.17. The fourth-order valence-corrected chi connectivity index (χ4v) is 2.03. The molecule has 0 aliphatic heterocycles. The molecule has 0 amide bonds. The summed E-state index contributed by atoms with van der Waals surface area (Å²) >= 11 is 0. The van der Waals surface area contributed by atoms with Crippen LogP contribution < -0.4 is 5.32 Å². The first-order valence-electron chi connectivity index (χ1n) is 6.00. The highest BCUT2D eigenvalue weighted by molar-refractivity contribution is 5.69. The number of carbonyl (C=O) groups is 1. The van der Waals surface area contributed by atoms with E-state index in [0.29, 0.717) is 6.54 Å². The van der Waals surface area contributed by atoms with E-state index in [4.69, 9.17) is 0 Å². The molecule has 1 aromatic carbocycles. The van der Waals surface area contributed by atoms with Crippen LogP contribution in [-0.2, 0) is 9.53 Å². The number of hydrogen-bond donors (Lipinski definition) is 2. The molecule has 0 fully saturated rings. The van der Waals surface area contributed by atoms with Crippen LogP contribution in [0.15, 0.2) is 12.1 Å². The molecular formula is C14H21NO3. The zero-order valence-electron chi connectivity index (χ0n) is 11.4. The van der Waals surface area contributed by atoms with Crippen LogP contribution in [-0.4, -0.2) is 30.8 Å². The summed E-state index contributed by atoms with van der Waals surface area (Å²) in [4.78, 5) is 11.0. The third-order valence-corrected chi connectivity index (χ3v) is 2.82. The number of esters is 1. The third kappa shape index (κ3) is 4.04.